The molecule has 0 spiro atoms. The van der Waals surface area contributed by atoms with E-state index in [1.165, 1.54) is 0 Å². The quantitative estimate of drug-likeness (QED) is 0.744. The summed E-state index contributed by atoms with van der Waals surface area (Å²) in [5.41, 5.74) is 0. The van der Waals surface area contributed by atoms with Gasteiger partial charge in [-0.2, -0.15) is 0 Å². The van der Waals surface area contributed by atoms with Gasteiger partial charge >= 0.3 is 12.0 Å². The maximum atomic E-state index is 12.1. The van der Waals surface area contributed by atoms with Gasteiger partial charge in [0.15, 0.2) is 6.10 Å². The summed E-state index contributed by atoms with van der Waals surface area (Å²) in [6, 6.07) is 0.362. The van der Waals surface area contributed by atoms with Crippen molar-refractivity contribution in [3.05, 3.63) is 0 Å². The molecule has 0 radical (unpaired) electrons. The Labute approximate surface area is 119 Å². The Hall–Kier alpha value is -1.30. The predicted molar refractivity (Wildman–Crippen MR) is 73.6 cm³/mol. The van der Waals surface area contributed by atoms with E-state index in [1.807, 2.05) is 4.90 Å². The van der Waals surface area contributed by atoms with Crippen LogP contribution in [0.25, 0.3) is 0 Å². The molecule has 20 heavy (non-hydrogen) atoms. The number of unbranched alkanes of at least 4 members (excludes halogenated alkanes) is 1. The summed E-state index contributed by atoms with van der Waals surface area (Å²) in [7, 11) is 0. The van der Waals surface area contributed by atoms with Gasteiger partial charge in [0.25, 0.3) is 0 Å². The molecule has 1 heterocycles. The highest BCUT2D eigenvalue weighted by atomic mass is 16.5. The van der Waals surface area contributed by atoms with E-state index in [9.17, 15) is 9.59 Å². The van der Waals surface area contributed by atoms with Crippen LogP contribution in [0.4, 0.5) is 4.79 Å². The lowest BCUT2D eigenvalue weighted by Gasteiger charge is -2.23. The molecule has 2 atom stereocenters. The number of nitrogens with one attached hydrogen (secondary N) is 1. The highest BCUT2D eigenvalue weighted by Gasteiger charge is 2.34. The number of hydrogen-bond acceptors (Lipinski definition) is 3. The van der Waals surface area contributed by atoms with E-state index >= 15 is 0 Å². The lowest BCUT2D eigenvalue weighted by Crippen LogP contribution is -2.44. The first kappa shape index (κ1) is 15.1. The second kappa shape index (κ2) is 6.92. The van der Waals surface area contributed by atoms with E-state index < -0.39 is 12.1 Å². The van der Waals surface area contributed by atoms with Crippen LogP contribution in [0.2, 0.25) is 0 Å². The van der Waals surface area contributed by atoms with Crippen LogP contribution >= 0.6 is 0 Å². The molecule has 114 valence electrons. The van der Waals surface area contributed by atoms with Crippen LogP contribution in [0, 0.1) is 0 Å². The van der Waals surface area contributed by atoms with Crippen LogP contribution in [0.15, 0.2) is 0 Å². The number of ether oxygens (including phenoxy) is 1. The third-order valence-corrected chi connectivity index (χ3v) is 3.87. The molecule has 2 amide bonds. The van der Waals surface area contributed by atoms with Crippen molar-refractivity contribution in [2.75, 3.05) is 13.1 Å². The minimum atomic E-state index is -0.915. The lowest BCUT2D eigenvalue weighted by molar-refractivity contribution is -0.149. The van der Waals surface area contributed by atoms with Gasteiger partial charge in [0.05, 0.1) is 6.10 Å². The zero-order valence-corrected chi connectivity index (χ0v) is 12.0. The standard InChI is InChI=1S/C14H24N2O4/c1-2-3-8-16(10-4-5-10)14(19)15-9-11-6-7-12(20-11)13(17)18/h10-12H,2-9H2,1H3,(H,15,19)(H,17,18). The SMILES string of the molecule is CCCCN(C(=O)NCC1CCC(C(=O)O)O1)C1CC1. The average Bonchev–Trinajstić information content (AvgIpc) is 3.14. The number of carboxylic acids is 1. The Bertz CT molecular complexity index is 357. The van der Waals surface area contributed by atoms with E-state index in [4.69, 9.17) is 9.84 Å². The van der Waals surface area contributed by atoms with Crippen LogP contribution in [-0.2, 0) is 9.53 Å². The summed E-state index contributed by atoms with van der Waals surface area (Å²) in [6.45, 7) is 3.32. The molecule has 6 heteroatoms. The van der Waals surface area contributed by atoms with Crippen LogP contribution in [0.5, 0.6) is 0 Å². The molecule has 1 saturated heterocycles. The summed E-state index contributed by atoms with van der Waals surface area (Å²) < 4.78 is 5.38. The monoisotopic (exact) mass is 284 g/mol. The van der Waals surface area contributed by atoms with Crippen LogP contribution in [0.1, 0.15) is 45.4 Å². The Morgan fingerprint density at radius 1 is 1.30 bits per heavy atom. The van der Waals surface area contributed by atoms with Gasteiger partial charge in [-0.05, 0) is 32.1 Å². The predicted octanol–water partition coefficient (Wildman–Crippen LogP) is 1.59. The molecule has 0 aromatic rings. The molecular weight excluding hydrogens is 260 g/mol. The molecule has 1 aliphatic carbocycles. The van der Waals surface area contributed by atoms with Gasteiger partial charge < -0.3 is 20.1 Å². The second-order valence-electron chi connectivity index (χ2n) is 5.63. The molecule has 2 fully saturated rings. The lowest BCUT2D eigenvalue weighted by atomic mass is 10.2. The fraction of sp³-hybridized carbons (Fsp3) is 0.857. The van der Waals surface area contributed by atoms with Gasteiger partial charge in [0.2, 0.25) is 0 Å². The number of nitrogens with zero attached hydrogens (tertiary/aromatic N) is 1. The molecule has 0 bridgehead atoms. The number of amides is 2. The van der Waals surface area contributed by atoms with Crippen molar-refractivity contribution in [1.29, 1.82) is 0 Å². The van der Waals surface area contributed by atoms with Crippen molar-refractivity contribution < 1.29 is 19.4 Å². The van der Waals surface area contributed by atoms with Crippen LogP contribution in [-0.4, -0.2) is 53.3 Å². The maximum absolute atomic E-state index is 12.1. The summed E-state index contributed by atoms with van der Waals surface area (Å²) >= 11 is 0. The number of carbonyl (C=O) groups is 2. The Balaban J connectivity index is 1.72. The smallest absolute Gasteiger partial charge is 0.332 e. The van der Waals surface area contributed by atoms with E-state index in [0.717, 1.165) is 32.2 Å². The average molecular weight is 284 g/mol. The molecular formula is C14H24N2O4. The third kappa shape index (κ3) is 4.10. The van der Waals surface area contributed by atoms with Gasteiger partial charge in [-0.1, -0.05) is 13.3 Å². The van der Waals surface area contributed by atoms with Crippen molar-refractivity contribution in [1.82, 2.24) is 10.2 Å². The molecule has 6 nitrogen and oxygen atoms in total. The number of urea groups is 1. The first-order valence-corrected chi connectivity index (χ1v) is 7.54. The van der Waals surface area contributed by atoms with Gasteiger partial charge in [-0.25, -0.2) is 9.59 Å². The Morgan fingerprint density at radius 3 is 2.60 bits per heavy atom. The minimum Gasteiger partial charge on any atom is -0.479 e. The van der Waals surface area contributed by atoms with Gasteiger partial charge in [0.1, 0.15) is 0 Å². The van der Waals surface area contributed by atoms with Crippen molar-refractivity contribution in [3.8, 4) is 0 Å². The molecule has 1 saturated carbocycles. The van der Waals surface area contributed by atoms with Crippen LogP contribution < -0.4 is 5.32 Å². The second-order valence-corrected chi connectivity index (χ2v) is 5.63. The number of aliphatic carboxylic acids is 1. The van der Waals surface area contributed by atoms with E-state index in [0.29, 0.717) is 25.4 Å². The molecule has 1 aliphatic heterocycles. The fourth-order valence-corrected chi connectivity index (χ4v) is 2.50. The van der Waals surface area contributed by atoms with Crippen molar-refractivity contribution in [3.63, 3.8) is 0 Å². The summed E-state index contributed by atoms with van der Waals surface area (Å²) in [5, 5.41) is 11.7. The van der Waals surface area contributed by atoms with Crippen molar-refractivity contribution >= 4 is 12.0 Å². The molecule has 0 aromatic heterocycles. The van der Waals surface area contributed by atoms with E-state index in [-0.39, 0.29) is 12.1 Å². The number of carboxylic acid groups (broad SMARTS) is 1. The summed E-state index contributed by atoms with van der Waals surface area (Å²) in [5.74, 6) is -0.915. The molecule has 2 unspecified atom stereocenters. The van der Waals surface area contributed by atoms with Crippen molar-refractivity contribution in [2.45, 2.75) is 63.7 Å². The zero-order chi connectivity index (χ0) is 14.5. The highest BCUT2D eigenvalue weighted by molar-refractivity contribution is 5.75. The Kier molecular flexibility index (Phi) is 5.23. The Morgan fingerprint density at radius 2 is 2.05 bits per heavy atom. The summed E-state index contributed by atoms with van der Waals surface area (Å²) in [4.78, 5) is 24.8. The summed E-state index contributed by atoms with van der Waals surface area (Å²) in [6.07, 6.45) is 4.61. The highest BCUT2D eigenvalue weighted by Crippen LogP contribution is 2.27. The number of rotatable bonds is 7. The largest absolute Gasteiger partial charge is 0.479 e. The van der Waals surface area contributed by atoms with Gasteiger partial charge in [0, 0.05) is 19.1 Å². The van der Waals surface area contributed by atoms with Gasteiger partial charge in [-0.3, -0.25) is 0 Å². The maximum Gasteiger partial charge on any atom is 0.332 e. The third-order valence-electron chi connectivity index (χ3n) is 3.87. The number of carbonyl (C=O) groups excluding carboxylic acids is 1. The van der Waals surface area contributed by atoms with E-state index in [2.05, 4.69) is 12.2 Å². The van der Waals surface area contributed by atoms with Crippen LogP contribution in [0.3, 0.4) is 0 Å². The molecule has 2 aliphatic rings. The molecule has 2 rings (SSSR count). The number of hydrogen-bond donors (Lipinski definition) is 2. The normalized spacial score (nSPS) is 25.4. The van der Waals surface area contributed by atoms with Gasteiger partial charge in [-0.15, -0.1) is 0 Å². The minimum absolute atomic E-state index is 0.0386. The van der Waals surface area contributed by atoms with E-state index in [1.54, 1.807) is 0 Å². The zero-order valence-electron chi connectivity index (χ0n) is 12.0. The fourth-order valence-electron chi connectivity index (χ4n) is 2.50. The first-order valence-electron chi connectivity index (χ1n) is 7.54. The molecule has 0 aromatic carbocycles. The molecule has 2 N–H and O–H groups in total. The van der Waals surface area contributed by atoms with Crippen molar-refractivity contribution in [2.24, 2.45) is 0 Å². The topological polar surface area (TPSA) is 78.9 Å². The first-order chi connectivity index (χ1) is 9.61.